The number of benzene rings is 1. The fourth-order valence-corrected chi connectivity index (χ4v) is 2.95. The quantitative estimate of drug-likeness (QED) is 0.351. The van der Waals surface area contributed by atoms with Gasteiger partial charge in [-0.05, 0) is 44.1 Å². The Morgan fingerprint density at radius 2 is 1.69 bits per heavy atom. The van der Waals surface area contributed by atoms with Crippen molar-refractivity contribution in [1.29, 1.82) is 0 Å². The van der Waals surface area contributed by atoms with Crippen LogP contribution in [0.5, 0.6) is 11.5 Å². The van der Waals surface area contributed by atoms with Gasteiger partial charge in [0.1, 0.15) is 18.0 Å². The van der Waals surface area contributed by atoms with Crippen molar-refractivity contribution >= 4 is 20.1 Å². The Bertz CT molecular complexity index is 619. The first kappa shape index (κ1) is 22.2. The number of rotatable bonds is 9. The van der Waals surface area contributed by atoms with Gasteiger partial charge in [0.25, 0.3) is 8.32 Å². The second-order valence-electron chi connectivity index (χ2n) is 8.13. The fourth-order valence-electron chi connectivity index (χ4n) is 1.93. The number of ether oxygens (including phenoxy) is 2. The summed E-state index contributed by atoms with van der Waals surface area (Å²) in [6.45, 7) is 14.5. The molecule has 26 heavy (non-hydrogen) atoms. The zero-order valence-corrected chi connectivity index (χ0v) is 18.0. The van der Waals surface area contributed by atoms with Gasteiger partial charge in [0.05, 0.1) is 12.7 Å². The summed E-state index contributed by atoms with van der Waals surface area (Å²) in [5.74, 6) is 0.752. The van der Waals surface area contributed by atoms with Crippen LogP contribution in [0, 0.1) is 0 Å². The van der Waals surface area contributed by atoms with Gasteiger partial charge < -0.3 is 13.9 Å². The van der Waals surface area contributed by atoms with E-state index in [0.29, 0.717) is 12.2 Å². The molecule has 0 aliphatic rings. The number of hydrogen-bond acceptors (Lipinski definition) is 5. The zero-order chi connectivity index (χ0) is 20.0. The molecule has 5 nitrogen and oxygen atoms in total. The third-order valence-corrected chi connectivity index (χ3v) is 8.87. The first-order valence-corrected chi connectivity index (χ1v) is 11.9. The van der Waals surface area contributed by atoms with Crippen molar-refractivity contribution in [2.45, 2.75) is 71.7 Å². The van der Waals surface area contributed by atoms with E-state index in [1.807, 2.05) is 31.2 Å². The minimum absolute atomic E-state index is 0.0939. The van der Waals surface area contributed by atoms with E-state index in [4.69, 9.17) is 13.9 Å². The van der Waals surface area contributed by atoms with E-state index in [1.165, 1.54) is 6.92 Å². The predicted octanol–water partition coefficient (Wildman–Crippen LogP) is 4.75. The van der Waals surface area contributed by atoms with Gasteiger partial charge in [-0.3, -0.25) is 9.59 Å². The summed E-state index contributed by atoms with van der Waals surface area (Å²) in [4.78, 5) is 22.3. The van der Waals surface area contributed by atoms with E-state index in [0.717, 1.165) is 5.75 Å². The van der Waals surface area contributed by atoms with Crippen molar-refractivity contribution < 1.29 is 23.5 Å². The van der Waals surface area contributed by atoms with Crippen LogP contribution in [0.15, 0.2) is 24.3 Å². The highest BCUT2D eigenvalue weighted by Crippen LogP contribution is 2.40. The summed E-state index contributed by atoms with van der Waals surface area (Å²) in [6.07, 6.45) is 0.209. The average molecular weight is 381 g/mol. The molecule has 1 rings (SSSR count). The molecule has 0 heterocycles. The van der Waals surface area contributed by atoms with E-state index in [9.17, 15) is 9.59 Å². The van der Waals surface area contributed by atoms with Crippen LogP contribution < -0.4 is 9.16 Å². The van der Waals surface area contributed by atoms with Crippen LogP contribution in [0.4, 0.5) is 0 Å². The topological polar surface area (TPSA) is 61.8 Å². The fraction of sp³-hybridized carbons (Fsp3) is 0.600. The summed E-state index contributed by atoms with van der Waals surface area (Å²) in [6, 6.07) is 7.66. The lowest BCUT2D eigenvalue weighted by Gasteiger charge is -2.37. The highest BCUT2D eigenvalue weighted by atomic mass is 28.4. The van der Waals surface area contributed by atoms with E-state index >= 15 is 0 Å². The summed E-state index contributed by atoms with van der Waals surface area (Å²) < 4.78 is 17.4. The van der Waals surface area contributed by atoms with E-state index in [1.54, 1.807) is 0 Å². The van der Waals surface area contributed by atoms with Gasteiger partial charge in [-0.2, -0.15) is 0 Å². The molecule has 6 heteroatoms. The SMILES string of the molecule is CC(=O)CC(=O)OCCC(C)Oc1ccccc1O[Si](C)(C)C(C)(C)C. The summed E-state index contributed by atoms with van der Waals surface area (Å²) in [7, 11) is -1.97. The molecule has 0 N–H and O–H groups in total. The minimum Gasteiger partial charge on any atom is -0.541 e. The van der Waals surface area contributed by atoms with Crippen molar-refractivity contribution in [3.8, 4) is 11.5 Å². The Balaban J connectivity index is 2.65. The lowest BCUT2D eigenvalue weighted by atomic mass is 10.2. The van der Waals surface area contributed by atoms with Crippen molar-refractivity contribution in [2.24, 2.45) is 0 Å². The number of Topliss-reactive ketones (excluding diaryl/α,β-unsaturated/α-hetero) is 1. The molecule has 1 atom stereocenters. The van der Waals surface area contributed by atoms with Crippen LogP contribution in [0.3, 0.4) is 0 Å². The zero-order valence-electron chi connectivity index (χ0n) is 17.0. The number of esters is 1. The Morgan fingerprint density at radius 3 is 2.23 bits per heavy atom. The summed E-state index contributed by atoms with van der Waals surface area (Å²) in [5, 5.41) is 0.0939. The second kappa shape index (κ2) is 9.21. The number of carbonyl (C=O) groups is 2. The predicted molar refractivity (Wildman–Crippen MR) is 105 cm³/mol. The Morgan fingerprint density at radius 1 is 1.12 bits per heavy atom. The largest absolute Gasteiger partial charge is 0.541 e. The van der Waals surface area contributed by atoms with Gasteiger partial charge in [0.2, 0.25) is 0 Å². The van der Waals surface area contributed by atoms with Crippen LogP contribution in [0.25, 0.3) is 0 Å². The third kappa shape index (κ3) is 7.20. The van der Waals surface area contributed by atoms with Crippen molar-refractivity contribution in [2.75, 3.05) is 6.61 Å². The number of carbonyl (C=O) groups excluding carboxylic acids is 2. The maximum absolute atomic E-state index is 11.4. The van der Waals surface area contributed by atoms with Gasteiger partial charge in [-0.1, -0.05) is 32.9 Å². The van der Waals surface area contributed by atoms with Crippen LogP contribution in [-0.2, 0) is 14.3 Å². The van der Waals surface area contributed by atoms with Gasteiger partial charge in [-0.25, -0.2) is 0 Å². The van der Waals surface area contributed by atoms with Gasteiger partial charge in [0, 0.05) is 6.42 Å². The number of para-hydroxylation sites is 2. The van der Waals surface area contributed by atoms with Crippen LogP contribution >= 0.6 is 0 Å². The summed E-state index contributed by atoms with van der Waals surface area (Å²) in [5.41, 5.74) is 0. The van der Waals surface area contributed by atoms with E-state index in [-0.39, 0.29) is 30.0 Å². The van der Waals surface area contributed by atoms with Crippen LogP contribution in [0.1, 0.15) is 47.5 Å². The summed E-state index contributed by atoms with van der Waals surface area (Å²) >= 11 is 0. The standard InChI is InChI=1S/C20H32O5Si/c1-15(21)14-19(22)23-13-12-16(2)24-17-10-8-9-11-18(17)25-26(6,7)20(3,4)5/h8-11,16H,12-14H2,1-7H3. The molecule has 1 unspecified atom stereocenters. The maximum Gasteiger partial charge on any atom is 0.313 e. The monoisotopic (exact) mass is 380 g/mol. The normalized spacial score (nSPS) is 13.0. The average Bonchev–Trinajstić information content (AvgIpc) is 2.47. The maximum atomic E-state index is 11.4. The highest BCUT2D eigenvalue weighted by Gasteiger charge is 2.39. The molecule has 0 radical (unpaired) electrons. The lowest BCUT2D eigenvalue weighted by Crippen LogP contribution is -2.44. The molecule has 0 amide bonds. The smallest absolute Gasteiger partial charge is 0.313 e. The van der Waals surface area contributed by atoms with Crippen molar-refractivity contribution in [3.05, 3.63) is 24.3 Å². The molecule has 0 saturated carbocycles. The molecule has 1 aromatic carbocycles. The molecule has 0 aliphatic carbocycles. The molecule has 0 aliphatic heterocycles. The van der Waals surface area contributed by atoms with Crippen molar-refractivity contribution in [1.82, 2.24) is 0 Å². The number of hydrogen-bond donors (Lipinski definition) is 0. The van der Waals surface area contributed by atoms with Gasteiger partial charge in [0.15, 0.2) is 5.75 Å². The molecule has 0 bridgehead atoms. The molecule has 1 aromatic rings. The Kier molecular flexibility index (Phi) is 7.87. The van der Waals surface area contributed by atoms with Crippen LogP contribution in [-0.4, -0.2) is 32.8 Å². The second-order valence-corrected chi connectivity index (χ2v) is 12.9. The number of ketones is 1. The first-order valence-electron chi connectivity index (χ1n) is 9.02. The van der Waals surface area contributed by atoms with E-state index < -0.39 is 14.3 Å². The third-order valence-electron chi connectivity index (χ3n) is 4.53. The van der Waals surface area contributed by atoms with Gasteiger partial charge >= 0.3 is 5.97 Å². The van der Waals surface area contributed by atoms with E-state index in [2.05, 4.69) is 33.9 Å². The molecule has 146 valence electrons. The molecule has 0 spiro atoms. The van der Waals surface area contributed by atoms with Gasteiger partial charge in [-0.15, -0.1) is 0 Å². The molecule has 0 aromatic heterocycles. The Labute approximate surface area is 158 Å². The first-order chi connectivity index (χ1) is 11.9. The lowest BCUT2D eigenvalue weighted by molar-refractivity contribution is -0.146. The molecular weight excluding hydrogens is 348 g/mol. The Hall–Kier alpha value is -1.82. The molecule has 0 fully saturated rings. The molecular formula is C20H32O5Si. The van der Waals surface area contributed by atoms with Crippen LogP contribution in [0.2, 0.25) is 18.1 Å². The highest BCUT2D eigenvalue weighted by molar-refractivity contribution is 6.74. The van der Waals surface area contributed by atoms with Crippen molar-refractivity contribution in [3.63, 3.8) is 0 Å². The minimum atomic E-state index is -1.97. The molecule has 0 saturated heterocycles.